The summed E-state index contributed by atoms with van der Waals surface area (Å²) in [5, 5.41) is 1.09. The van der Waals surface area contributed by atoms with Gasteiger partial charge in [0.2, 0.25) is 0 Å². The van der Waals surface area contributed by atoms with E-state index >= 15 is 0 Å². The molecule has 0 aromatic carbocycles. The SMILES string of the molecule is CSc1c(N(C)CCN(C)C)sc(C(C)=O)c1N. The zero-order valence-corrected chi connectivity index (χ0v) is 13.2. The second-order valence-electron chi connectivity index (χ2n) is 4.46. The van der Waals surface area contributed by atoms with Crippen molar-refractivity contribution in [3.63, 3.8) is 0 Å². The molecule has 18 heavy (non-hydrogen) atoms. The molecule has 2 N–H and O–H groups in total. The van der Waals surface area contributed by atoms with Crippen LogP contribution in [0.3, 0.4) is 0 Å². The van der Waals surface area contributed by atoms with Crippen molar-refractivity contribution in [1.29, 1.82) is 0 Å². The third-order valence-electron chi connectivity index (χ3n) is 2.64. The molecule has 0 spiro atoms. The molecule has 0 fully saturated rings. The fourth-order valence-electron chi connectivity index (χ4n) is 1.58. The van der Waals surface area contributed by atoms with Crippen LogP contribution < -0.4 is 10.6 Å². The van der Waals surface area contributed by atoms with Crippen molar-refractivity contribution in [1.82, 2.24) is 4.90 Å². The molecule has 1 rings (SSSR count). The first-order valence-corrected chi connectivity index (χ1v) is 7.75. The monoisotopic (exact) mass is 287 g/mol. The minimum Gasteiger partial charge on any atom is -0.396 e. The smallest absolute Gasteiger partial charge is 0.171 e. The number of nitrogens with two attached hydrogens (primary N) is 1. The summed E-state index contributed by atoms with van der Waals surface area (Å²) in [4.78, 5) is 17.5. The van der Waals surface area contributed by atoms with E-state index in [0.29, 0.717) is 10.6 Å². The molecule has 0 saturated carbocycles. The van der Waals surface area contributed by atoms with E-state index in [-0.39, 0.29) is 5.78 Å². The molecule has 0 aliphatic heterocycles. The highest BCUT2D eigenvalue weighted by atomic mass is 32.2. The van der Waals surface area contributed by atoms with Crippen molar-refractivity contribution in [3.8, 4) is 0 Å². The molecule has 0 aliphatic carbocycles. The van der Waals surface area contributed by atoms with E-state index in [1.807, 2.05) is 27.4 Å². The number of likely N-dealkylation sites (N-methyl/N-ethyl adjacent to an activating group) is 2. The summed E-state index contributed by atoms with van der Waals surface area (Å²) in [5.41, 5.74) is 6.67. The van der Waals surface area contributed by atoms with Gasteiger partial charge in [0, 0.05) is 27.1 Å². The predicted molar refractivity (Wildman–Crippen MR) is 82.3 cm³/mol. The fourth-order valence-corrected chi connectivity index (χ4v) is 3.67. The number of nitrogen functional groups attached to an aromatic ring is 1. The number of Topliss-reactive ketones (excluding diaryl/α,β-unsaturated/α-hetero) is 1. The van der Waals surface area contributed by atoms with Gasteiger partial charge in [-0.2, -0.15) is 0 Å². The van der Waals surface area contributed by atoms with E-state index in [2.05, 4.69) is 9.80 Å². The van der Waals surface area contributed by atoms with Crippen molar-refractivity contribution < 1.29 is 4.79 Å². The van der Waals surface area contributed by atoms with Gasteiger partial charge in [0.1, 0.15) is 5.00 Å². The van der Waals surface area contributed by atoms with Gasteiger partial charge in [-0.15, -0.1) is 23.1 Å². The summed E-state index contributed by atoms with van der Waals surface area (Å²) in [7, 11) is 6.14. The van der Waals surface area contributed by atoms with Crippen LogP contribution in [0.1, 0.15) is 16.6 Å². The lowest BCUT2D eigenvalue weighted by atomic mass is 10.3. The van der Waals surface area contributed by atoms with Crippen LogP contribution in [0.25, 0.3) is 0 Å². The van der Waals surface area contributed by atoms with Gasteiger partial charge in [0.25, 0.3) is 0 Å². The molecule has 4 nitrogen and oxygen atoms in total. The molecule has 0 radical (unpaired) electrons. The summed E-state index contributed by atoms with van der Waals surface area (Å²) >= 11 is 3.09. The number of ketones is 1. The number of carbonyl (C=O) groups excluding carboxylic acids is 1. The zero-order chi connectivity index (χ0) is 13.9. The lowest BCUT2D eigenvalue weighted by Crippen LogP contribution is -2.28. The van der Waals surface area contributed by atoms with Crippen LogP contribution >= 0.6 is 23.1 Å². The Labute approximate surface area is 117 Å². The number of hydrogen-bond acceptors (Lipinski definition) is 6. The Balaban J connectivity index is 3.00. The Kier molecular flexibility index (Phi) is 5.49. The second-order valence-corrected chi connectivity index (χ2v) is 6.28. The van der Waals surface area contributed by atoms with Gasteiger partial charge in [0.15, 0.2) is 5.78 Å². The van der Waals surface area contributed by atoms with Gasteiger partial charge in [0.05, 0.1) is 15.5 Å². The number of thiophene rings is 1. The number of anilines is 2. The van der Waals surface area contributed by atoms with Crippen molar-refractivity contribution in [2.75, 3.05) is 51.1 Å². The van der Waals surface area contributed by atoms with Gasteiger partial charge in [-0.3, -0.25) is 4.79 Å². The molecule has 0 aliphatic rings. The van der Waals surface area contributed by atoms with Crippen LogP contribution in [0.5, 0.6) is 0 Å². The van der Waals surface area contributed by atoms with Crippen LogP contribution in [0, 0.1) is 0 Å². The molecule has 0 amide bonds. The Bertz CT molecular complexity index is 429. The fraction of sp³-hybridized carbons (Fsp3) is 0.583. The van der Waals surface area contributed by atoms with Crippen LogP contribution in [-0.2, 0) is 0 Å². The molecule has 6 heteroatoms. The van der Waals surface area contributed by atoms with E-state index in [1.54, 1.807) is 18.7 Å². The lowest BCUT2D eigenvalue weighted by Gasteiger charge is -2.21. The van der Waals surface area contributed by atoms with Crippen molar-refractivity contribution >= 4 is 39.6 Å². The maximum absolute atomic E-state index is 11.5. The number of nitrogens with zero attached hydrogens (tertiary/aromatic N) is 2. The topological polar surface area (TPSA) is 49.6 Å². The maximum Gasteiger partial charge on any atom is 0.171 e. The number of carbonyl (C=O) groups is 1. The van der Waals surface area contributed by atoms with Crippen LogP contribution in [0.15, 0.2) is 4.90 Å². The molecule has 1 aromatic heterocycles. The van der Waals surface area contributed by atoms with E-state index in [1.165, 1.54) is 11.3 Å². The minimum absolute atomic E-state index is 0.0417. The molecular weight excluding hydrogens is 266 g/mol. The Hall–Kier alpha value is -0.720. The molecule has 0 saturated heterocycles. The van der Waals surface area contributed by atoms with E-state index < -0.39 is 0 Å². The number of hydrogen-bond donors (Lipinski definition) is 1. The Morgan fingerprint density at radius 3 is 2.39 bits per heavy atom. The van der Waals surface area contributed by atoms with E-state index in [4.69, 9.17) is 5.73 Å². The Morgan fingerprint density at radius 2 is 1.94 bits per heavy atom. The molecule has 102 valence electrons. The van der Waals surface area contributed by atoms with Crippen LogP contribution in [0.4, 0.5) is 10.7 Å². The molecule has 0 atom stereocenters. The van der Waals surface area contributed by atoms with Gasteiger partial charge in [-0.05, 0) is 20.4 Å². The summed E-state index contributed by atoms with van der Waals surface area (Å²) in [6.45, 7) is 3.45. The summed E-state index contributed by atoms with van der Waals surface area (Å²) in [5.74, 6) is 0.0417. The third-order valence-corrected chi connectivity index (χ3v) is 5.01. The Morgan fingerprint density at radius 1 is 1.33 bits per heavy atom. The molecule has 0 bridgehead atoms. The third kappa shape index (κ3) is 3.40. The highest BCUT2D eigenvalue weighted by Gasteiger charge is 2.20. The number of rotatable bonds is 6. The summed E-state index contributed by atoms with van der Waals surface area (Å²) in [6, 6.07) is 0. The van der Waals surface area contributed by atoms with Gasteiger partial charge >= 0.3 is 0 Å². The molecule has 0 unspecified atom stereocenters. The maximum atomic E-state index is 11.5. The van der Waals surface area contributed by atoms with Gasteiger partial charge in [-0.1, -0.05) is 0 Å². The first kappa shape index (κ1) is 15.3. The highest BCUT2D eigenvalue weighted by Crippen LogP contribution is 2.43. The van der Waals surface area contributed by atoms with Crippen molar-refractivity contribution in [3.05, 3.63) is 4.88 Å². The molecular formula is C12H21N3OS2. The average Bonchev–Trinajstić information content (AvgIpc) is 2.63. The molecule has 1 aromatic rings. The highest BCUT2D eigenvalue weighted by molar-refractivity contribution is 7.99. The zero-order valence-electron chi connectivity index (χ0n) is 11.6. The normalized spacial score (nSPS) is 11.0. The first-order chi connectivity index (χ1) is 8.38. The van der Waals surface area contributed by atoms with Crippen molar-refractivity contribution in [2.24, 2.45) is 0 Å². The predicted octanol–water partition coefficient (Wildman–Crippen LogP) is 2.25. The van der Waals surface area contributed by atoms with Crippen LogP contribution in [-0.4, -0.2) is 51.2 Å². The standard InChI is InChI=1S/C12H21N3OS2/c1-8(16)10-9(13)11(17-5)12(18-10)15(4)7-6-14(2)3/h6-7,13H2,1-5H3. The van der Waals surface area contributed by atoms with Crippen LogP contribution in [0.2, 0.25) is 0 Å². The minimum atomic E-state index is 0.0417. The molecule has 1 heterocycles. The average molecular weight is 287 g/mol. The second kappa shape index (κ2) is 6.45. The van der Waals surface area contributed by atoms with Gasteiger partial charge in [-0.25, -0.2) is 0 Å². The van der Waals surface area contributed by atoms with Gasteiger partial charge < -0.3 is 15.5 Å². The van der Waals surface area contributed by atoms with E-state index in [9.17, 15) is 4.79 Å². The lowest BCUT2D eigenvalue weighted by molar-refractivity contribution is 0.102. The summed E-state index contributed by atoms with van der Waals surface area (Å²) < 4.78 is 0. The van der Waals surface area contributed by atoms with Crippen molar-refractivity contribution in [2.45, 2.75) is 11.8 Å². The number of thioether (sulfide) groups is 1. The largest absolute Gasteiger partial charge is 0.396 e. The summed E-state index contributed by atoms with van der Waals surface area (Å²) in [6.07, 6.45) is 1.99. The quantitative estimate of drug-likeness (QED) is 0.642. The first-order valence-electron chi connectivity index (χ1n) is 5.71. The van der Waals surface area contributed by atoms with E-state index in [0.717, 1.165) is 23.0 Å².